The maximum Gasteiger partial charge on any atom is 0.306 e. The number of nitrogens with one attached hydrogen (secondary N) is 1. The molecule has 10 heteroatoms. The van der Waals surface area contributed by atoms with E-state index in [1.54, 1.807) is 36.2 Å². The molecule has 7 nitrogen and oxygen atoms in total. The molecular formula is C21H23N3O4S3. The fourth-order valence-electron chi connectivity index (χ4n) is 3.53. The highest BCUT2D eigenvalue weighted by molar-refractivity contribution is 8.15. The van der Waals surface area contributed by atoms with Crippen LogP contribution in [0.2, 0.25) is 0 Å². The molecule has 0 radical (unpaired) electrons. The van der Waals surface area contributed by atoms with Crippen molar-refractivity contribution in [2.75, 3.05) is 24.0 Å². The molecule has 2 aromatic heterocycles. The maximum absolute atomic E-state index is 13.2. The first-order valence-electron chi connectivity index (χ1n) is 9.99. The van der Waals surface area contributed by atoms with Gasteiger partial charge >= 0.3 is 5.97 Å². The van der Waals surface area contributed by atoms with E-state index in [0.29, 0.717) is 36.0 Å². The number of anilines is 1. The summed E-state index contributed by atoms with van der Waals surface area (Å²) in [5.41, 5.74) is 2.17. The van der Waals surface area contributed by atoms with Crippen LogP contribution in [0, 0.1) is 0 Å². The molecule has 0 bridgehead atoms. The molecule has 1 unspecified atom stereocenters. The Morgan fingerprint density at radius 3 is 2.84 bits per heavy atom. The number of esters is 1. The number of thiophene rings is 1. The highest BCUT2D eigenvalue weighted by Gasteiger charge is 2.28. The number of ether oxygens (including phenoxy) is 1. The van der Waals surface area contributed by atoms with Crippen LogP contribution in [0.25, 0.3) is 10.9 Å². The minimum absolute atomic E-state index is 0.0475. The Balaban J connectivity index is 1.63. The molecule has 0 fully saturated rings. The van der Waals surface area contributed by atoms with Crippen LogP contribution in [0.15, 0.2) is 51.0 Å². The third-order valence-corrected chi connectivity index (χ3v) is 9.36. The summed E-state index contributed by atoms with van der Waals surface area (Å²) < 4.78 is 33.1. The average Bonchev–Trinajstić information content (AvgIpc) is 3.49. The molecule has 1 aromatic carbocycles. The SMILES string of the molecule is CCOC(=O)CC1CN=C(c2cc3cccc(N(CC)S(=O)(=O)c4cccs4)c3[nH]2)S1. The molecule has 1 N–H and O–H groups in total. The van der Waals surface area contributed by atoms with E-state index >= 15 is 0 Å². The lowest BCUT2D eigenvalue weighted by Crippen LogP contribution is -2.30. The van der Waals surface area contributed by atoms with Crippen molar-refractivity contribution in [2.24, 2.45) is 4.99 Å². The number of aromatic nitrogens is 1. The molecule has 4 rings (SSSR count). The van der Waals surface area contributed by atoms with Crippen molar-refractivity contribution in [1.82, 2.24) is 4.98 Å². The number of nitrogens with zero attached hydrogens (tertiary/aromatic N) is 2. The van der Waals surface area contributed by atoms with Crippen molar-refractivity contribution >= 4 is 60.7 Å². The van der Waals surface area contributed by atoms with Gasteiger partial charge in [-0.15, -0.1) is 11.3 Å². The van der Waals surface area contributed by atoms with E-state index in [9.17, 15) is 13.2 Å². The molecule has 3 heterocycles. The highest BCUT2D eigenvalue weighted by atomic mass is 32.2. The van der Waals surface area contributed by atoms with Gasteiger partial charge in [-0.05, 0) is 37.4 Å². The third kappa shape index (κ3) is 4.37. The summed E-state index contributed by atoms with van der Waals surface area (Å²) in [6, 6.07) is 10.9. The van der Waals surface area contributed by atoms with Crippen LogP contribution in [0.1, 0.15) is 26.0 Å². The molecular weight excluding hydrogens is 454 g/mol. The number of H-pyrrole nitrogens is 1. The number of aromatic amines is 1. The van der Waals surface area contributed by atoms with E-state index in [0.717, 1.165) is 21.6 Å². The molecule has 164 valence electrons. The van der Waals surface area contributed by atoms with E-state index < -0.39 is 10.0 Å². The summed E-state index contributed by atoms with van der Waals surface area (Å²) in [7, 11) is -3.64. The van der Waals surface area contributed by atoms with Gasteiger partial charge in [-0.1, -0.05) is 30.0 Å². The Hall–Kier alpha value is -2.30. The van der Waals surface area contributed by atoms with E-state index in [4.69, 9.17) is 4.74 Å². The zero-order valence-corrected chi connectivity index (χ0v) is 19.6. The number of hydrogen-bond donors (Lipinski definition) is 1. The number of fused-ring (bicyclic) bond motifs is 1. The van der Waals surface area contributed by atoms with Crippen molar-refractivity contribution < 1.29 is 17.9 Å². The van der Waals surface area contributed by atoms with Crippen molar-refractivity contribution in [1.29, 1.82) is 0 Å². The van der Waals surface area contributed by atoms with Crippen molar-refractivity contribution in [3.63, 3.8) is 0 Å². The zero-order chi connectivity index (χ0) is 22.0. The average molecular weight is 478 g/mol. The summed E-state index contributed by atoms with van der Waals surface area (Å²) in [6.07, 6.45) is 0.319. The number of sulfonamides is 1. The summed E-state index contributed by atoms with van der Waals surface area (Å²) in [4.78, 5) is 19.7. The Morgan fingerprint density at radius 2 is 2.13 bits per heavy atom. The summed E-state index contributed by atoms with van der Waals surface area (Å²) in [5, 5.41) is 3.53. The first-order valence-corrected chi connectivity index (χ1v) is 13.2. The van der Waals surface area contributed by atoms with Crippen LogP contribution in [-0.2, 0) is 19.6 Å². The summed E-state index contributed by atoms with van der Waals surface area (Å²) in [6.45, 7) is 4.85. The Morgan fingerprint density at radius 1 is 1.29 bits per heavy atom. The molecule has 0 spiro atoms. The summed E-state index contributed by atoms with van der Waals surface area (Å²) >= 11 is 2.75. The van der Waals surface area contributed by atoms with Crippen LogP contribution >= 0.6 is 23.1 Å². The molecule has 1 aliphatic rings. The Labute approximate surface area is 189 Å². The second kappa shape index (κ2) is 9.05. The fraction of sp³-hybridized carbons (Fsp3) is 0.333. The molecule has 1 atom stereocenters. The Kier molecular flexibility index (Phi) is 6.40. The quantitative estimate of drug-likeness (QED) is 0.490. The van der Waals surface area contributed by atoms with Gasteiger partial charge in [0.1, 0.15) is 9.25 Å². The normalized spacial score (nSPS) is 16.5. The number of benzene rings is 1. The van der Waals surface area contributed by atoms with Gasteiger partial charge in [0.15, 0.2) is 0 Å². The van der Waals surface area contributed by atoms with Gasteiger partial charge in [0.25, 0.3) is 10.0 Å². The Bertz CT molecular complexity index is 1220. The minimum atomic E-state index is -3.64. The first kappa shape index (κ1) is 21.9. The molecule has 0 aliphatic carbocycles. The van der Waals surface area contributed by atoms with Gasteiger partial charge < -0.3 is 9.72 Å². The molecule has 3 aromatic rings. The smallest absolute Gasteiger partial charge is 0.306 e. The van der Waals surface area contributed by atoms with E-state index in [1.165, 1.54) is 15.6 Å². The van der Waals surface area contributed by atoms with E-state index in [-0.39, 0.29) is 11.2 Å². The molecule has 31 heavy (non-hydrogen) atoms. The number of hydrogen-bond acceptors (Lipinski definition) is 7. The number of para-hydroxylation sites is 1. The van der Waals surface area contributed by atoms with Gasteiger partial charge in [0.05, 0.1) is 36.5 Å². The first-order chi connectivity index (χ1) is 14.9. The van der Waals surface area contributed by atoms with Crippen LogP contribution in [0.4, 0.5) is 5.69 Å². The standard InChI is InChI=1S/C21H23N3O4S3/c1-3-24(31(26,27)19-9-6-10-29-19)17-8-5-7-14-11-16(23-20(14)17)21-22-13-15(30-21)12-18(25)28-4-2/h5-11,15,23H,3-4,12-13H2,1-2H3. The number of carbonyl (C=O) groups excluding carboxylic acids is 1. The zero-order valence-electron chi connectivity index (χ0n) is 17.2. The predicted octanol–water partition coefficient (Wildman–Crippen LogP) is 4.26. The number of thioether (sulfide) groups is 1. The number of carbonyl (C=O) groups is 1. The maximum atomic E-state index is 13.2. The van der Waals surface area contributed by atoms with Crippen molar-refractivity contribution in [3.05, 3.63) is 47.5 Å². The van der Waals surface area contributed by atoms with Gasteiger partial charge in [-0.3, -0.25) is 14.1 Å². The predicted molar refractivity (Wildman–Crippen MR) is 127 cm³/mol. The van der Waals surface area contributed by atoms with E-state index in [2.05, 4.69) is 9.98 Å². The lowest BCUT2D eigenvalue weighted by molar-refractivity contribution is -0.143. The van der Waals surface area contributed by atoms with Crippen LogP contribution < -0.4 is 4.31 Å². The fourth-order valence-corrected chi connectivity index (χ4v) is 7.19. The number of rotatable bonds is 8. The van der Waals surface area contributed by atoms with Crippen molar-refractivity contribution in [3.8, 4) is 0 Å². The molecule has 0 saturated heterocycles. The molecule has 1 aliphatic heterocycles. The lowest BCUT2D eigenvalue weighted by Gasteiger charge is -2.22. The van der Waals surface area contributed by atoms with Crippen LogP contribution in [-0.4, -0.2) is 49.4 Å². The van der Waals surface area contributed by atoms with E-state index in [1.807, 2.05) is 31.2 Å². The number of aliphatic imine (C=N–C) groups is 1. The lowest BCUT2D eigenvalue weighted by atomic mass is 10.2. The topological polar surface area (TPSA) is 91.8 Å². The van der Waals surface area contributed by atoms with Gasteiger partial charge in [-0.25, -0.2) is 8.42 Å². The second-order valence-electron chi connectivity index (χ2n) is 6.92. The van der Waals surface area contributed by atoms with Gasteiger partial charge in [0.2, 0.25) is 0 Å². The van der Waals surface area contributed by atoms with Gasteiger partial charge in [-0.2, -0.15) is 0 Å². The second-order valence-corrected chi connectivity index (χ2v) is 11.2. The monoisotopic (exact) mass is 477 g/mol. The summed E-state index contributed by atoms with van der Waals surface area (Å²) in [5.74, 6) is -0.215. The molecule has 0 amide bonds. The van der Waals surface area contributed by atoms with Crippen LogP contribution in [0.3, 0.4) is 0 Å². The van der Waals surface area contributed by atoms with Crippen LogP contribution in [0.5, 0.6) is 0 Å². The largest absolute Gasteiger partial charge is 0.466 e. The third-order valence-electron chi connectivity index (χ3n) is 4.88. The highest BCUT2D eigenvalue weighted by Crippen LogP contribution is 2.34. The molecule has 0 saturated carbocycles. The van der Waals surface area contributed by atoms with Crippen molar-refractivity contribution in [2.45, 2.75) is 29.7 Å². The minimum Gasteiger partial charge on any atom is -0.466 e. The van der Waals surface area contributed by atoms with Gasteiger partial charge in [0, 0.05) is 17.2 Å².